The lowest BCUT2D eigenvalue weighted by Crippen LogP contribution is -2.40. The molecule has 1 atom stereocenters. The van der Waals surface area contributed by atoms with Crippen LogP contribution >= 0.6 is 23.2 Å². The van der Waals surface area contributed by atoms with Gasteiger partial charge in [0, 0.05) is 22.3 Å². The van der Waals surface area contributed by atoms with E-state index in [-0.39, 0.29) is 13.0 Å². The zero-order valence-corrected chi connectivity index (χ0v) is 16.5. The zero-order chi connectivity index (χ0) is 20.4. The number of benzene rings is 1. The summed E-state index contributed by atoms with van der Waals surface area (Å²) in [5.41, 5.74) is -0.645. The maximum atomic E-state index is 12.1. The molecule has 1 aliphatic heterocycles. The van der Waals surface area contributed by atoms with Gasteiger partial charge in [0.15, 0.2) is 6.10 Å². The molecule has 1 aliphatic rings. The number of nitrogens with zero attached hydrogens (tertiary/aromatic N) is 1. The summed E-state index contributed by atoms with van der Waals surface area (Å²) in [5, 5.41) is 5.74. The van der Waals surface area contributed by atoms with Gasteiger partial charge in [-0.05, 0) is 39.0 Å². The van der Waals surface area contributed by atoms with Gasteiger partial charge in [0.1, 0.15) is 5.54 Å². The summed E-state index contributed by atoms with van der Waals surface area (Å²) in [6.45, 7) is 4.40. The molecule has 1 aromatic rings. The van der Waals surface area contributed by atoms with E-state index in [1.165, 1.54) is 25.1 Å². The first-order valence-electron chi connectivity index (χ1n) is 8.10. The molecule has 1 fully saturated rings. The van der Waals surface area contributed by atoms with E-state index in [1.54, 1.807) is 13.8 Å². The fourth-order valence-corrected chi connectivity index (χ4v) is 2.93. The number of ether oxygens (including phenoxy) is 1. The lowest BCUT2D eigenvalue weighted by molar-refractivity contribution is -0.153. The van der Waals surface area contributed by atoms with Crippen LogP contribution in [0.15, 0.2) is 18.2 Å². The van der Waals surface area contributed by atoms with Crippen molar-refractivity contribution in [2.75, 3.05) is 11.9 Å². The van der Waals surface area contributed by atoms with E-state index in [2.05, 4.69) is 10.6 Å². The topological polar surface area (TPSA) is 105 Å². The molecule has 0 unspecified atom stereocenters. The number of nitrogens with one attached hydrogen (secondary N) is 2. The summed E-state index contributed by atoms with van der Waals surface area (Å²) in [4.78, 5) is 48.8. The Morgan fingerprint density at radius 3 is 2.33 bits per heavy atom. The summed E-state index contributed by atoms with van der Waals surface area (Å²) in [6, 6.07) is 3.94. The van der Waals surface area contributed by atoms with Crippen molar-refractivity contribution in [2.45, 2.75) is 38.8 Å². The fourth-order valence-electron chi connectivity index (χ4n) is 2.40. The van der Waals surface area contributed by atoms with Crippen molar-refractivity contribution in [3.05, 3.63) is 28.2 Å². The number of imide groups is 1. The van der Waals surface area contributed by atoms with Crippen LogP contribution < -0.4 is 10.6 Å². The number of rotatable bonds is 6. The summed E-state index contributed by atoms with van der Waals surface area (Å²) in [7, 11) is 0. The SMILES string of the molecule is C[C@@H](OC(=O)CCN1C(=O)NC(C)(C)C1=O)C(=O)Nc1cc(Cl)cc(Cl)c1. The second-order valence-corrected chi connectivity index (χ2v) is 7.41. The Morgan fingerprint density at radius 1 is 1.22 bits per heavy atom. The van der Waals surface area contributed by atoms with Gasteiger partial charge in [0.25, 0.3) is 11.8 Å². The first-order valence-corrected chi connectivity index (χ1v) is 8.86. The van der Waals surface area contributed by atoms with Crippen molar-refractivity contribution in [3.8, 4) is 0 Å². The third-order valence-corrected chi connectivity index (χ3v) is 4.23. The Hall–Kier alpha value is -2.32. The highest BCUT2D eigenvalue weighted by Crippen LogP contribution is 2.22. The van der Waals surface area contributed by atoms with Gasteiger partial charge in [-0.3, -0.25) is 19.3 Å². The Morgan fingerprint density at radius 2 is 1.81 bits per heavy atom. The number of urea groups is 1. The minimum absolute atomic E-state index is 0.134. The van der Waals surface area contributed by atoms with Crippen molar-refractivity contribution in [1.29, 1.82) is 0 Å². The number of esters is 1. The molecule has 146 valence electrons. The summed E-state index contributed by atoms with van der Waals surface area (Å²) >= 11 is 11.7. The molecular weight excluding hydrogens is 397 g/mol. The predicted octanol–water partition coefficient (Wildman–Crippen LogP) is 2.58. The number of hydrogen-bond donors (Lipinski definition) is 2. The first kappa shape index (κ1) is 21.0. The number of carbonyl (C=O) groups is 4. The predicted molar refractivity (Wildman–Crippen MR) is 99.6 cm³/mol. The minimum Gasteiger partial charge on any atom is -0.452 e. The van der Waals surface area contributed by atoms with Gasteiger partial charge in [-0.1, -0.05) is 23.2 Å². The van der Waals surface area contributed by atoms with E-state index in [1.807, 2.05) is 0 Å². The maximum Gasteiger partial charge on any atom is 0.325 e. The molecule has 0 bridgehead atoms. The van der Waals surface area contributed by atoms with Crippen LogP contribution in [-0.4, -0.2) is 46.9 Å². The molecule has 0 radical (unpaired) electrons. The molecule has 0 aliphatic carbocycles. The third kappa shape index (κ3) is 5.33. The molecule has 2 rings (SSSR count). The van der Waals surface area contributed by atoms with Crippen molar-refractivity contribution in [1.82, 2.24) is 10.2 Å². The van der Waals surface area contributed by atoms with Crippen LogP contribution in [0.5, 0.6) is 0 Å². The van der Waals surface area contributed by atoms with E-state index < -0.39 is 35.5 Å². The van der Waals surface area contributed by atoms with E-state index in [4.69, 9.17) is 27.9 Å². The van der Waals surface area contributed by atoms with Crippen LogP contribution in [0.1, 0.15) is 27.2 Å². The number of amides is 4. The summed E-state index contributed by atoms with van der Waals surface area (Å²) < 4.78 is 5.04. The molecule has 0 aromatic heterocycles. The number of hydrogen-bond acceptors (Lipinski definition) is 5. The van der Waals surface area contributed by atoms with Crippen LogP contribution in [0.3, 0.4) is 0 Å². The van der Waals surface area contributed by atoms with Crippen LogP contribution in [-0.2, 0) is 19.1 Å². The Kier molecular flexibility index (Phi) is 6.33. The lowest BCUT2D eigenvalue weighted by atomic mass is 10.1. The Bertz CT molecular complexity index is 777. The molecule has 0 spiro atoms. The van der Waals surface area contributed by atoms with Gasteiger partial charge in [-0.15, -0.1) is 0 Å². The molecule has 4 amide bonds. The molecule has 1 heterocycles. The van der Waals surface area contributed by atoms with Crippen molar-refractivity contribution < 1.29 is 23.9 Å². The van der Waals surface area contributed by atoms with Gasteiger partial charge in [0.05, 0.1) is 6.42 Å². The second-order valence-electron chi connectivity index (χ2n) is 6.54. The van der Waals surface area contributed by atoms with Gasteiger partial charge < -0.3 is 15.4 Å². The smallest absolute Gasteiger partial charge is 0.325 e. The standard InChI is InChI=1S/C17H19Cl2N3O5/c1-9(14(24)20-12-7-10(18)6-11(19)8-12)27-13(23)4-5-22-15(25)17(2,3)21-16(22)26/h6-9H,4-5H2,1-3H3,(H,20,24)(H,21,26)/t9-/m1/s1. The van der Waals surface area contributed by atoms with Gasteiger partial charge in [-0.2, -0.15) is 0 Å². The van der Waals surface area contributed by atoms with Crippen LogP contribution in [0.4, 0.5) is 10.5 Å². The maximum absolute atomic E-state index is 12.1. The van der Waals surface area contributed by atoms with E-state index in [0.29, 0.717) is 15.7 Å². The van der Waals surface area contributed by atoms with Crippen LogP contribution in [0.2, 0.25) is 10.0 Å². The molecular formula is C17H19Cl2N3O5. The zero-order valence-electron chi connectivity index (χ0n) is 15.0. The highest BCUT2D eigenvalue weighted by molar-refractivity contribution is 6.35. The lowest BCUT2D eigenvalue weighted by Gasteiger charge is -2.17. The van der Waals surface area contributed by atoms with Crippen LogP contribution in [0, 0.1) is 0 Å². The normalized spacial score (nSPS) is 16.7. The van der Waals surface area contributed by atoms with Crippen LogP contribution in [0.25, 0.3) is 0 Å². The second kappa shape index (κ2) is 8.14. The molecule has 27 heavy (non-hydrogen) atoms. The largest absolute Gasteiger partial charge is 0.452 e. The highest BCUT2D eigenvalue weighted by Gasteiger charge is 2.44. The number of carbonyl (C=O) groups excluding carboxylic acids is 4. The molecule has 2 N–H and O–H groups in total. The molecule has 1 saturated heterocycles. The highest BCUT2D eigenvalue weighted by atomic mass is 35.5. The van der Waals surface area contributed by atoms with Crippen molar-refractivity contribution in [3.63, 3.8) is 0 Å². The summed E-state index contributed by atoms with van der Waals surface area (Å²) in [6.07, 6.45) is -1.31. The van der Waals surface area contributed by atoms with Crippen molar-refractivity contribution >= 4 is 52.7 Å². The molecule has 0 saturated carbocycles. The molecule has 1 aromatic carbocycles. The van der Waals surface area contributed by atoms with E-state index >= 15 is 0 Å². The number of anilines is 1. The molecule has 10 heteroatoms. The van der Waals surface area contributed by atoms with Crippen molar-refractivity contribution in [2.24, 2.45) is 0 Å². The van der Waals surface area contributed by atoms with Gasteiger partial charge in [-0.25, -0.2) is 4.79 Å². The minimum atomic E-state index is -1.09. The number of halogens is 2. The van der Waals surface area contributed by atoms with E-state index in [0.717, 1.165) is 4.90 Å². The average Bonchev–Trinajstić information content (AvgIpc) is 2.72. The first-order chi connectivity index (χ1) is 12.5. The summed E-state index contributed by atoms with van der Waals surface area (Å²) in [5.74, 6) is -1.71. The van der Waals surface area contributed by atoms with E-state index in [9.17, 15) is 19.2 Å². The Labute approximate surface area is 166 Å². The third-order valence-electron chi connectivity index (χ3n) is 3.79. The Balaban J connectivity index is 1.85. The fraction of sp³-hybridized carbons (Fsp3) is 0.412. The quantitative estimate of drug-likeness (QED) is 0.548. The van der Waals surface area contributed by atoms with Gasteiger partial charge in [0.2, 0.25) is 0 Å². The monoisotopic (exact) mass is 415 g/mol. The average molecular weight is 416 g/mol. The van der Waals surface area contributed by atoms with Gasteiger partial charge >= 0.3 is 12.0 Å². The molecule has 8 nitrogen and oxygen atoms in total.